The molecule has 0 fully saturated rings. The standard InChI is InChI=1S/C17H15ClN2O2S2/c1-12-4-5-15(11-16(12)18)19-13-6-8-14(9-7-13)20-24(21,22)17-3-2-10-23-17/h2-11,19-20H,1H3. The van der Waals surface area contributed by atoms with Gasteiger partial charge in [0.05, 0.1) is 0 Å². The Kier molecular flexibility index (Phi) is 4.80. The number of aryl methyl sites for hydroxylation is 1. The molecule has 0 unspecified atom stereocenters. The van der Waals surface area contributed by atoms with Crippen molar-refractivity contribution in [2.45, 2.75) is 11.1 Å². The third-order valence-electron chi connectivity index (χ3n) is 3.36. The van der Waals surface area contributed by atoms with Gasteiger partial charge in [-0.15, -0.1) is 11.3 Å². The van der Waals surface area contributed by atoms with Crippen LogP contribution >= 0.6 is 22.9 Å². The normalized spacial score (nSPS) is 11.2. The molecule has 3 aromatic rings. The van der Waals surface area contributed by atoms with Gasteiger partial charge in [-0.05, 0) is 60.3 Å². The van der Waals surface area contributed by atoms with Crippen LogP contribution in [0.2, 0.25) is 5.02 Å². The van der Waals surface area contributed by atoms with Gasteiger partial charge in [-0.2, -0.15) is 0 Å². The number of anilines is 3. The predicted octanol–water partition coefficient (Wildman–Crippen LogP) is 5.25. The minimum atomic E-state index is -3.52. The van der Waals surface area contributed by atoms with Crippen LogP contribution in [-0.2, 0) is 10.0 Å². The Labute approximate surface area is 150 Å². The van der Waals surface area contributed by atoms with Crippen LogP contribution in [0.25, 0.3) is 0 Å². The van der Waals surface area contributed by atoms with Crippen molar-refractivity contribution in [2.24, 2.45) is 0 Å². The van der Waals surface area contributed by atoms with E-state index in [4.69, 9.17) is 11.6 Å². The van der Waals surface area contributed by atoms with E-state index in [9.17, 15) is 8.42 Å². The minimum absolute atomic E-state index is 0.291. The van der Waals surface area contributed by atoms with E-state index in [1.807, 2.05) is 25.1 Å². The zero-order valence-electron chi connectivity index (χ0n) is 12.8. The van der Waals surface area contributed by atoms with Crippen LogP contribution in [0.4, 0.5) is 17.1 Å². The van der Waals surface area contributed by atoms with E-state index < -0.39 is 10.0 Å². The van der Waals surface area contributed by atoms with Crippen molar-refractivity contribution in [3.05, 3.63) is 70.6 Å². The largest absolute Gasteiger partial charge is 0.355 e. The van der Waals surface area contributed by atoms with Crippen molar-refractivity contribution in [3.63, 3.8) is 0 Å². The SMILES string of the molecule is Cc1ccc(Nc2ccc(NS(=O)(=O)c3cccs3)cc2)cc1Cl. The zero-order chi connectivity index (χ0) is 17.2. The summed E-state index contributed by atoms with van der Waals surface area (Å²) < 4.78 is 27.2. The van der Waals surface area contributed by atoms with Gasteiger partial charge in [-0.1, -0.05) is 23.7 Å². The lowest BCUT2D eigenvalue weighted by molar-refractivity contribution is 0.603. The van der Waals surface area contributed by atoms with E-state index in [-0.39, 0.29) is 0 Å². The lowest BCUT2D eigenvalue weighted by Crippen LogP contribution is -2.11. The lowest BCUT2D eigenvalue weighted by atomic mass is 10.2. The van der Waals surface area contributed by atoms with E-state index in [0.717, 1.165) is 16.9 Å². The second-order valence-corrected chi connectivity index (χ2v) is 8.47. The van der Waals surface area contributed by atoms with Gasteiger partial charge in [0, 0.05) is 22.1 Å². The molecule has 0 radical (unpaired) electrons. The third-order valence-corrected chi connectivity index (χ3v) is 6.54. The van der Waals surface area contributed by atoms with E-state index in [2.05, 4.69) is 10.0 Å². The first-order chi connectivity index (χ1) is 11.4. The summed E-state index contributed by atoms with van der Waals surface area (Å²) in [5.41, 5.74) is 3.24. The highest BCUT2D eigenvalue weighted by atomic mass is 35.5. The summed E-state index contributed by atoms with van der Waals surface area (Å²) in [6.07, 6.45) is 0. The molecule has 2 N–H and O–H groups in total. The second kappa shape index (κ2) is 6.84. The maximum atomic E-state index is 12.2. The summed E-state index contributed by atoms with van der Waals surface area (Å²) in [6.45, 7) is 1.95. The average Bonchev–Trinajstić information content (AvgIpc) is 3.08. The summed E-state index contributed by atoms with van der Waals surface area (Å²) in [7, 11) is -3.52. The van der Waals surface area contributed by atoms with Crippen molar-refractivity contribution >= 4 is 50.0 Å². The Morgan fingerprint density at radius 2 is 1.62 bits per heavy atom. The molecule has 0 atom stereocenters. The number of rotatable bonds is 5. The van der Waals surface area contributed by atoms with Crippen molar-refractivity contribution < 1.29 is 8.42 Å². The molecule has 0 aliphatic carbocycles. The zero-order valence-corrected chi connectivity index (χ0v) is 15.2. The fourth-order valence-corrected chi connectivity index (χ4v) is 4.31. The summed E-state index contributed by atoms with van der Waals surface area (Å²) in [6, 6.07) is 16.0. The second-order valence-electron chi connectivity index (χ2n) is 5.20. The molecule has 24 heavy (non-hydrogen) atoms. The highest BCUT2D eigenvalue weighted by Gasteiger charge is 2.14. The number of thiophene rings is 1. The van der Waals surface area contributed by atoms with Gasteiger partial charge in [-0.25, -0.2) is 8.42 Å². The first kappa shape index (κ1) is 16.8. The molecule has 3 rings (SSSR count). The van der Waals surface area contributed by atoms with Gasteiger partial charge in [0.15, 0.2) is 0 Å². The Hall–Kier alpha value is -2.02. The highest BCUT2D eigenvalue weighted by molar-refractivity contribution is 7.94. The number of halogens is 1. The first-order valence-electron chi connectivity index (χ1n) is 7.14. The number of hydrogen-bond donors (Lipinski definition) is 2. The van der Waals surface area contributed by atoms with Crippen LogP contribution in [0.3, 0.4) is 0 Å². The minimum Gasteiger partial charge on any atom is -0.355 e. The summed E-state index contributed by atoms with van der Waals surface area (Å²) in [4.78, 5) is 0. The van der Waals surface area contributed by atoms with Crippen LogP contribution < -0.4 is 10.0 Å². The topological polar surface area (TPSA) is 58.2 Å². The first-order valence-corrected chi connectivity index (χ1v) is 9.88. The van der Waals surface area contributed by atoms with Gasteiger partial charge < -0.3 is 5.32 Å². The third kappa shape index (κ3) is 3.90. The van der Waals surface area contributed by atoms with E-state index in [0.29, 0.717) is 14.9 Å². The van der Waals surface area contributed by atoms with Crippen molar-refractivity contribution in [3.8, 4) is 0 Å². The number of benzene rings is 2. The lowest BCUT2D eigenvalue weighted by Gasteiger charge is -2.10. The molecule has 0 saturated carbocycles. The van der Waals surface area contributed by atoms with Gasteiger partial charge in [-0.3, -0.25) is 4.72 Å². The molecule has 0 bridgehead atoms. The molecule has 0 saturated heterocycles. The molecule has 0 spiro atoms. The molecule has 0 amide bonds. The molecule has 1 aromatic heterocycles. The molecule has 4 nitrogen and oxygen atoms in total. The van der Waals surface area contributed by atoms with Gasteiger partial charge >= 0.3 is 0 Å². The Morgan fingerprint density at radius 3 is 2.25 bits per heavy atom. The van der Waals surface area contributed by atoms with Crippen LogP contribution in [0.15, 0.2) is 64.2 Å². The molecule has 0 aliphatic rings. The average molecular weight is 379 g/mol. The number of sulfonamides is 1. The maximum absolute atomic E-state index is 12.2. The molecule has 1 heterocycles. The molecule has 124 valence electrons. The maximum Gasteiger partial charge on any atom is 0.271 e. The molecular formula is C17H15ClN2O2S2. The highest BCUT2D eigenvalue weighted by Crippen LogP contribution is 2.25. The Balaban J connectivity index is 1.72. The Morgan fingerprint density at radius 1 is 0.958 bits per heavy atom. The smallest absolute Gasteiger partial charge is 0.271 e. The number of nitrogens with one attached hydrogen (secondary N) is 2. The van der Waals surface area contributed by atoms with Crippen molar-refractivity contribution in [1.82, 2.24) is 0 Å². The predicted molar refractivity (Wildman–Crippen MR) is 101 cm³/mol. The fraction of sp³-hybridized carbons (Fsp3) is 0.0588. The molecule has 0 aliphatic heterocycles. The molecular weight excluding hydrogens is 364 g/mol. The van der Waals surface area contributed by atoms with Crippen LogP contribution in [-0.4, -0.2) is 8.42 Å². The van der Waals surface area contributed by atoms with E-state index in [1.165, 1.54) is 11.3 Å². The summed E-state index contributed by atoms with van der Waals surface area (Å²) in [5, 5.41) is 5.66. The van der Waals surface area contributed by atoms with Crippen LogP contribution in [0, 0.1) is 6.92 Å². The monoisotopic (exact) mass is 378 g/mol. The van der Waals surface area contributed by atoms with E-state index in [1.54, 1.807) is 41.8 Å². The summed E-state index contributed by atoms with van der Waals surface area (Å²) in [5.74, 6) is 0. The number of hydrogen-bond acceptors (Lipinski definition) is 4. The van der Waals surface area contributed by atoms with Crippen LogP contribution in [0.1, 0.15) is 5.56 Å². The molecule has 2 aromatic carbocycles. The molecule has 7 heteroatoms. The Bertz CT molecular complexity index is 937. The van der Waals surface area contributed by atoms with Crippen molar-refractivity contribution in [2.75, 3.05) is 10.0 Å². The van der Waals surface area contributed by atoms with Gasteiger partial charge in [0.2, 0.25) is 0 Å². The van der Waals surface area contributed by atoms with Gasteiger partial charge in [0.25, 0.3) is 10.0 Å². The quantitative estimate of drug-likeness (QED) is 0.637. The fourth-order valence-electron chi connectivity index (χ4n) is 2.08. The van der Waals surface area contributed by atoms with Crippen LogP contribution in [0.5, 0.6) is 0 Å². The van der Waals surface area contributed by atoms with Gasteiger partial charge in [0.1, 0.15) is 4.21 Å². The summed E-state index contributed by atoms with van der Waals surface area (Å²) >= 11 is 7.29. The van der Waals surface area contributed by atoms with Crippen molar-refractivity contribution in [1.29, 1.82) is 0 Å². The van der Waals surface area contributed by atoms with E-state index >= 15 is 0 Å².